The van der Waals surface area contributed by atoms with Crippen molar-refractivity contribution in [3.63, 3.8) is 0 Å². The number of nitrogens with one attached hydrogen (secondary N) is 1. The average Bonchev–Trinajstić information content (AvgIpc) is 2.85. The Labute approximate surface area is 129 Å². The van der Waals surface area contributed by atoms with Gasteiger partial charge in [-0.2, -0.15) is 0 Å². The molecule has 0 aliphatic carbocycles. The zero-order valence-electron chi connectivity index (χ0n) is 11.2. The molecule has 0 spiro atoms. The number of rotatable bonds is 3. The number of carbonyl (C=O) groups is 1. The van der Waals surface area contributed by atoms with Crippen LogP contribution in [0, 0.1) is 0 Å². The van der Waals surface area contributed by atoms with Gasteiger partial charge in [0.2, 0.25) is 0 Å². The summed E-state index contributed by atoms with van der Waals surface area (Å²) in [6, 6.07) is 7.64. The Morgan fingerprint density at radius 1 is 1.29 bits per heavy atom. The molecule has 5 nitrogen and oxygen atoms in total. The van der Waals surface area contributed by atoms with Crippen molar-refractivity contribution in [2.24, 2.45) is 0 Å². The number of nitrogens with two attached hydrogens (primary N) is 1. The van der Waals surface area contributed by atoms with Crippen LogP contribution in [0.1, 0.15) is 9.67 Å². The highest BCUT2D eigenvalue weighted by atomic mass is 32.2. The van der Waals surface area contributed by atoms with Crippen LogP contribution in [0.4, 0.5) is 11.4 Å². The van der Waals surface area contributed by atoms with E-state index in [1.165, 1.54) is 11.3 Å². The second kappa shape index (κ2) is 5.71. The Bertz CT molecular complexity index is 816. The highest BCUT2D eigenvalue weighted by Crippen LogP contribution is 2.32. The fraction of sp³-hybridized carbons (Fsp3) is 0.0714. The average molecular weight is 316 g/mol. The van der Waals surface area contributed by atoms with Crippen LogP contribution in [0.25, 0.3) is 10.3 Å². The van der Waals surface area contributed by atoms with Crippen molar-refractivity contribution in [2.75, 3.05) is 17.3 Å². The monoisotopic (exact) mass is 316 g/mol. The number of benzene rings is 1. The zero-order chi connectivity index (χ0) is 14.8. The predicted molar refractivity (Wildman–Crippen MR) is 88.0 cm³/mol. The second-order valence-corrected chi connectivity index (χ2v) is 6.06. The summed E-state index contributed by atoms with van der Waals surface area (Å²) in [6.07, 6.45) is 5.12. The quantitative estimate of drug-likeness (QED) is 0.725. The van der Waals surface area contributed by atoms with Gasteiger partial charge in [-0.25, -0.2) is 9.97 Å². The van der Waals surface area contributed by atoms with Crippen molar-refractivity contribution in [2.45, 2.75) is 4.90 Å². The summed E-state index contributed by atoms with van der Waals surface area (Å²) in [5.74, 6) is -0.237. The molecule has 0 aliphatic heterocycles. The first-order valence-corrected chi connectivity index (χ1v) is 8.18. The fourth-order valence-corrected chi connectivity index (χ4v) is 3.41. The SMILES string of the molecule is CSc1ccccc1NC(=O)c1sc2nccnc2c1N. The third-order valence-corrected chi connectivity index (χ3v) is 4.82. The first-order valence-electron chi connectivity index (χ1n) is 6.14. The van der Waals surface area contributed by atoms with Crippen molar-refractivity contribution < 1.29 is 4.79 Å². The molecule has 0 saturated heterocycles. The van der Waals surface area contributed by atoms with Crippen LogP contribution < -0.4 is 11.1 Å². The van der Waals surface area contributed by atoms with Crippen LogP contribution in [0.3, 0.4) is 0 Å². The van der Waals surface area contributed by atoms with E-state index >= 15 is 0 Å². The topological polar surface area (TPSA) is 80.9 Å². The molecular formula is C14H12N4OS2. The maximum atomic E-state index is 12.4. The summed E-state index contributed by atoms with van der Waals surface area (Å²) in [5, 5.41) is 2.89. The molecule has 21 heavy (non-hydrogen) atoms. The van der Waals surface area contributed by atoms with Gasteiger partial charge in [0.15, 0.2) is 0 Å². The number of para-hydroxylation sites is 1. The number of thiophene rings is 1. The lowest BCUT2D eigenvalue weighted by molar-refractivity contribution is 0.103. The van der Waals surface area contributed by atoms with Crippen molar-refractivity contribution in [1.29, 1.82) is 0 Å². The van der Waals surface area contributed by atoms with Crippen molar-refractivity contribution in [3.8, 4) is 0 Å². The first-order chi connectivity index (χ1) is 10.2. The lowest BCUT2D eigenvalue weighted by Gasteiger charge is -2.08. The van der Waals surface area contributed by atoms with Crippen molar-refractivity contribution in [3.05, 3.63) is 41.5 Å². The minimum Gasteiger partial charge on any atom is -0.396 e. The molecule has 0 atom stereocenters. The van der Waals surface area contributed by atoms with Gasteiger partial charge in [-0.1, -0.05) is 12.1 Å². The molecule has 2 aromatic heterocycles. The van der Waals surface area contributed by atoms with E-state index in [0.29, 0.717) is 20.9 Å². The Hall–Kier alpha value is -2.12. The third kappa shape index (κ3) is 2.57. The molecule has 1 amide bonds. The van der Waals surface area contributed by atoms with Crippen LogP contribution in [-0.4, -0.2) is 22.1 Å². The van der Waals surface area contributed by atoms with Crippen LogP contribution in [0.2, 0.25) is 0 Å². The minimum absolute atomic E-state index is 0.237. The van der Waals surface area contributed by atoms with Gasteiger partial charge in [-0.15, -0.1) is 23.1 Å². The number of thioether (sulfide) groups is 1. The lowest BCUT2D eigenvalue weighted by Crippen LogP contribution is -2.12. The summed E-state index contributed by atoms with van der Waals surface area (Å²) in [5.41, 5.74) is 7.73. The largest absolute Gasteiger partial charge is 0.396 e. The summed E-state index contributed by atoms with van der Waals surface area (Å²) < 4.78 is 0. The highest BCUT2D eigenvalue weighted by Gasteiger charge is 2.18. The van der Waals surface area contributed by atoms with E-state index in [1.807, 2.05) is 30.5 Å². The van der Waals surface area contributed by atoms with Gasteiger partial charge in [0.25, 0.3) is 5.91 Å². The minimum atomic E-state index is -0.237. The number of hydrogen-bond acceptors (Lipinski definition) is 6. The lowest BCUT2D eigenvalue weighted by atomic mass is 10.3. The Kier molecular flexibility index (Phi) is 3.76. The molecule has 0 bridgehead atoms. The van der Waals surface area contributed by atoms with E-state index in [4.69, 9.17) is 5.73 Å². The number of nitrogen functional groups attached to an aromatic ring is 1. The predicted octanol–water partition coefficient (Wildman–Crippen LogP) is 3.25. The smallest absolute Gasteiger partial charge is 0.268 e. The van der Waals surface area contributed by atoms with Gasteiger partial charge >= 0.3 is 0 Å². The first kappa shape index (κ1) is 13.8. The number of amides is 1. The number of fused-ring (bicyclic) bond motifs is 1. The van der Waals surface area contributed by atoms with E-state index in [0.717, 1.165) is 10.6 Å². The van der Waals surface area contributed by atoms with Crippen LogP contribution in [0.5, 0.6) is 0 Å². The van der Waals surface area contributed by atoms with E-state index in [2.05, 4.69) is 15.3 Å². The highest BCUT2D eigenvalue weighted by molar-refractivity contribution is 7.98. The molecule has 0 saturated carbocycles. The van der Waals surface area contributed by atoms with E-state index in [9.17, 15) is 4.79 Å². The van der Waals surface area contributed by atoms with Gasteiger partial charge in [0, 0.05) is 17.3 Å². The van der Waals surface area contributed by atoms with Gasteiger partial charge < -0.3 is 11.1 Å². The molecule has 0 unspecified atom stereocenters. The van der Waals surface area contributed by atoms with Gasteiger partial charge in [0.1, 0.15) is 15.2 Å². The number of anilines is 2. The van der Waals surface area contributed by atoms with E-state index < -0.39 is 0 Å². The molecule has 0 fully saturated rings. The Morgan fingerprint density at radius 3 is 2.81 bits per heavy atom. The normalized spacial score (nSPS) is 10.7. The van der Waals surface area contributed by atoms with Crippen molar-refractivity contribution >= 4 is 50.7 Å². The van der Waals surface area contributed by atoms with Crippen molar-refractivity contribution in [1.82, 2.24) is 9.97 Å². The van der Waals surface area contributed by atoms with Crippen LogP contribution in [0.15, 0.2) is 41.6 Å². The molecule has 3 rings (SSSR count). The molecule has 2 heterocycles. The Balaban J connectivity index is 1.96. The standard InChI is InChI=1S/C14H12N4OS2/c1-20-9-5-3-2-4-8(9)18-13(19)12-10(15)11-14(21-12)17-7-6-16-11/h2-7H,15H2,1H3,(H,18,19). The molecule has 7 heteroatoms. The molecule has 106 valence electrons. The molecule has 0 radical (unpaired) electrons. The number of nitrogens with zero attached hydrogens (tertiary/aromatic N) is 2. The maximum absolute atomic E-state index is 12.4. The molecule has 3 N–H and O–H groups in total. The van der Waals surface area contributed by atoms with Crippen LogP contribution >= 0.6 is 23.1 Å². The molecule has 0 aliphatic rings. The zero-order valence-corrected chi connectivity index (χ0v) is 12.8. The fourth-order valence-electron chi connectivity index (χ4n) is 1.94. The number of carbonyl (C=O) groups excluding carboxylic acids is 1. The van der Waals surface area contributed by atoms with E-state index in [-0.39, 0.29) is 5.91 Å². The third-order valence-electron chi connectivity index (χ3n) is 2.92. The maximum Gasteiger partial charge on any atom is 0.268 e. The van der Waals surface area contributed by atoms with E-state index in [1.54, 1.807) is 24.2 Å². The van der Waals surface area contributed by atoms with Crippen LogP contribution in [-0.2, 0) is 0 Å². The summed E-state index contributed by atoms with van der Waals surface area (Å²) in [4.78, 5) is 22.9. The molecule has 3 aromatic rings. The molecular weight excluding hydrogens is 304 g/mol. The summed E-state index contributed by atoms with van der Waals surface area (Å²) in [6.45, 7) is 0. The number of hydrogen-bond donors (Lipinski definition) is 2. The van der Waals surface area contributed by atoms with Gasteiger partial charge in [-0.3, -0.25) is 4.79 Å². The Morgan fingerprint density at radius 2 is 2.05 bits per heavy atom. The summed E-state index contributed by atoms with van der Waals surface area (Å²) >= 11 is 2.82. The van der Waals surface area contributed by atoms with Gasteiger partial charge in [0.05, 0.1) is 11.4 Å². The molecule has 1 aromatic carbocycles. The van der Waals surface area contributed by atoms with Gasteiger partial charge in [-0.05, 0) is 18.4 Å². The number of aromatic nitrogens is 2. The summed E-state index contributed by atoms with van der Waals surface area (Å²) in [7, 11) is 0. The second-order valence-electron chi connectivity index (χ2n) is 4.21.